The van der Waals surface area contributed by atoms with Crippen LogP contribution in [0.2, 0.25) is 0 Å². The number of amides is 1. The number of ether oxygens (including phenoxy) is 1. The van der Waals surface area contributed by atoms with Crippen LogP contribution in [0.5, 0.6) is 0 Å². The van der Waals surface area contributed by atoms with Gasteiger partial charge in [0, 0.05) is 12.1 Å². The molecule has 1 N–H and O–H groups in total. The normalized spacial score (nSPS) is 16.7. The maximum Gasteiger partial charge on any atom is 0.360 e. The minimum atomic E-state index is -0.561. The van der Waals surface area contributed by atoms with E-state index in [1.165, 1.54) is 0 Å². The van der Waals surface area contributed by atoms with Gasteiger partial charge in [-0.3, -0.25) is 10.1 Å². The van der Waals surface area contributed by atoms with Crippen LogP contribution >= 0.6 is 0 Å². The van der Waals surface area contributed by atoms with Crippen molar-refractivity contribution >= 4 is 11.9 Å². The van der Waals surface area contributed by atoms with Crippen LogP contribution in [0.4, 0.5) is 0 Å². The first-order valence-electron chi connectivity index (χ1n) is 12.8. The molecule has 1 aliphatic rings. The van der Waals surface area contributed by atoms with E-state index in [2.05, 4.69) is 21.9 Å². The lowest BCUT2D eigenvalue weighted by atomic mass is 9.97. The number of hydrogen-bond acceptors (Lipinski definition) is 8. The number of hydrogen-bond donors (Lipinski definition) is 1. The summed E-state index contributed by atoms with van der Waals surface area (Å²) in [6, 6.07) is -0.669. The lowest BCUT2D eigenvalue weighted by molar-refractivity contribution is -0.136. The molecular formula is C28H40N4O5. The van der Waals surface area contributed by atoms with E-state index in [-0.39, 0.29) is 47.6 Å². The summed E-state index contributed by atoms with van der Waals surface area (Å²) in [6.07, 6.45) is 5.22. The Morgan fingerprint density at radius 1 is 1.22 bits per heavy atom. The smallest absolute Gasteiger partial charge is 0.360 e. The molecule has 0 saturated carbocycles. The van der Waals surface area contributed by atoms with Gasteiger partial charge in [0.25, 0.3) is 0 Å². The number of allylic oxidation sites excluding steroid dienone is 1. The molecule has 0 radical (unpaired) electrons. The number of rotatable bonds is 10. The zero-order valence-electron chi connectivity index (χ0n) is 23.3. The van der Waals surface area contributed by atoms with Gasteiger partial charge in [-0.1, -0.05) is 25.5 Å². The first-order valence-corrected chi connectivity index (χ1v) is 12.8. The molecule has 1 amide bonds. The lowest BCUT2D eigenvalue weighted by Crippen LogP contribution is -2.55. The summed E-state index contributed by atoms with van der Waals surface area (Å²) >= 11 is 0. The van der Waals surface area contributed by atoms with Gasteiger partial charge in [-0.15, -0.1) is 6.58 Å². The highest BCUT2D eigenvalue weighted by Crippen LogP contribution is 2.36. The molecule has 2 aromatic heterocycles. The van der Waals surface area contributed by atoms with Crippen molar-refractivity contribution in [2.45, 2.75) is 85.9 Å². The minimum Gasteiger partial charge on any atom is -0.457 e. The van der Waals surface area contributed by atoms with Gasteiger partial charge in [-0.25, -0.2) is 14.8 Å². The maximum atomic E-state index is 13.7. The monoisotopic (exact) mass is 512 g/mol. The summed E-state index contributed by atoms with van der Waals surface area (Å²) < 4.78 is 17.1. The van der Waals surface area contributed by atoms with E-state index in [1.54, 1.807) is 13.8 Å². The van der Waals surface area contributed by atoms with Gasteiger partial charge in [-0.05, 0) is 66.4 Å². The number of esters is 1. The molecule has 0 aromatic carbocycles. The molecule has 0 spiro atoms. The molecular weight excluding hydrogens is 472 g/mol. The van der Waals surface area contributed by atoms with Crippen molar-refractivity contribution in [3.05, 3.63) is 47.4 Å². The van der Waals surface area contributed by atoms with Crippen LogP contribution < -0.4 is 5.32 Å². The second kappa shape index (κ2) is 11.5. The first kappa shape index (κ1) is 28.4. The van der Waals surface area contributed by atoms with E-state index in [4.69, 9.17) is 13.6 Å². The molecule has 2 atom stereocenters. The van der Waals surface area contributed by atoms with E-state index in [0.717, 1.165) is 18.4 Å². The zero-order chi connectivity index (χ0) is 27.5. The molecule has 2 aromatic rings. The van der Waals surface area contributed by atoms with E-state index in [0.29, 0.717) is 29.6 Å². The molecule has 0 aliphatic carbocycles. The van der Waals surface area contributed by atoms with Gasteiger partial charge in [0.05, 0.1) is 6.04 Å². The van der Waals surface area contributed by atoms with Crippen LogP contribution in [-0.4, -0.2) is 51.5 Å². The fourth-order valence-corrected chi connectivity index (χ4v) is 4.24. The number of aryl methyl sites for hydroxylation is 2. The molecule has 1 aliphatic heterocycles. The van der Waals surface area contributed by atoms with Crippen molar-refractivity contribution in [3.8, 4) is 11.6 Å². The van der Waals surface area contributed by atoms with Crippen molar-refractivity contribution in [2.24, 2.45) is 5.92 Å². The predicted molar refractivity (Wildman–Crippen MR) is 141 cm³/mol. The topological polar surface area (TPSA) is 111 Å². The van der Waals surface area contributed by atoms with Crippen LogP contribution in [0.1, 0.15) is 88.3 Å². The second-order valence-electron chi connectivity index (χ2n) is 10.7. The first-order chi connectivity index (χ1) is 17.3. The Morgan fingerprint density at radius 3 is 2.54 bits per heavy atom. The molecule has 0 bridgehead atoms. The Balaban J connectivity index is 1.83. The Morgan fingerprint density at radius 2 is 1.92 bits per heavy atom. The number of nitrogens with one attached hydrogen (secondary N) is 1. The van der Waals surface area contributed by atoms with Gasteiger partial charge < -0.3 is 18.5 Å². The third-order valence-electron chi connectivity index (χ3n) is 6.50. The third kappa shape index (κ3) is 6.57. The molecule has 9 nitrogen and oxygen atoms in total. The largest absolute Gasteiger partial charge is 0.457 e. The highest BCUT2D eigenvalue weighted by atomic mass is 16.5. The Labute approximate surface area is 219 Å². The average Bonchev–Trinajstić information content (AvgIpc) is 3.54. The number of oxazole rings is 2. The summed E-state index contributed by atoms with van der Waals surface area (Å²) in [4.78, 5) is 37.0. The van der Waals surface area contributed by atoms with Crippen molar-refractivity contribution in [3.63, 3.8) is 0 Å². The fraction of sp³-hybridized carbons (Fsp3) is 0.571. The van der Waals surface area contributed by atoms with Gasteiger partial charge in [-0.2, -0.15) is 0 Å². The molecule has 1 saturated heterocycles. The highest BCUT2D eigenvalue weighted by Gasteiger charge is 2.39. The lowest BCUT2D eigenvalue weighted by Gasteiger charge is -2.34. The average molecular weight is 513 g/mol. The van der Waals surface area contributed by atoms with Crippen molar-refractivity contribution in [1.82, 2.24) is 20.2 Å². The van der Waals surface area contributed by atoms with E-state index < -0.39 is 5.97 Å². The summed E-state index contributed by atoms with van der Waals surface area (Å²) in [5.41, 5.74) is 1.18. The summed E-state index contributed by atoms with van der Waals surface area (Å²) in [5, 5.41) is 3.44. The predicted octanol–water partition coefficient (Wildman–Crippen LogP) is 5.31. The van der Waals surface area contributed by atoms with Gasteiger partial charge in [0.1, 0.15) is 24.2 Å². The van der Waals surface area contributed by atoms with Crippen molar-refractivity contribution < 1.29 is 23.2 Å². The standard InChI is InChI=1S/C28H40N4O5/c1-10-28(8,9)31-21(17(4)5)26(33)32-14-11-12-20(32)24-29-22(18(6)36-24)25-30-23(19(7)37-25)27(34)35-15-13-16(2)3/h10,13,17,20-21,31H,1,11-12,14-15H2,2-9H3/t20-,21-/m0/s1. The molecule has 37 heavy (non-hydrogen) atoms. The van der Waals surface area contributed by atoms with Crippen LogP contribution in [0.15, 0.2) is 33.1 Å². The number of carbonyl (C=O) groups excluding carboxylic acids is 2. The Kier molecular flexibility index (Phi) is 8.79. The number of carbonyl (C=O) groups is 2. The summed E-state index contributed by atoms with van der Waals surface area (Å²) in [6.45, 7) is 20.0. The van der Waals surface area contributed by atoms with E-state index in [9.17, 15) is 9.59 Å². The highest BCUT2D eigenvalue weighted by molar-refractivity contribution is 5.89. The van der Waals surface area contributed by atoms with Crippen LogP contribution in [0, 0.1) is 19.8 Å². The van der Waals surface area contributed by atoms with Crippen LogP contribution in [0.25, 0.3) is 11.6 Å². The number of nitrogens with zero attached hydrogens (tertiary/aromatic N) is 3. The quantitative estimate of drug-likeness (QED) is 0.337. The minimum absolute atomic E-state index is 0.0122. The molecule has 3 rings (SSSR count). The fourth-order valence-electron chi connectivity index (χ4n) is 4.24. The number of likely N-dealkylation sites (tertiary alicyclic amines) is 1. The van der Waals surface area contributed by atoms with Gasteiger partial charge in [0.2, 0.25) is 17.7 Å². The van der Waals surface area contributed by atoms with Gasteiger partial charge >= 0.3 is 5.97 Å². The molecule has 202 valence electrons. The van der Waals surface area contributed by atoms with Crippen molar-refractivity contribution in [2.75, 3.05) is 13.2 Å². The Hall–Kier alpha value is -3.20. The van der Waals surface area contributed by atoms with Crippen LogP contribution in [-0.2, 0) is 9.53 Å². The van der Waals surface area contributed by atoms with Crippen molar-refractivity contribution in [1.29, 1.82) is 0 Å². The van der Waals surface area contributed by atoms with Crippen LogP contribution in [0.3, 0.4) is 0 Å². The van der Waals surface area contributed by atoms with Gasteiger partial charge in [0.15, 0.2) is 11.4 Å². The van der Waals surface area contributed by atoms with E-state index >= 15 is 0 Å². The van der Waals surface area contributed by atoms with E-state index in [1.807, 2.05) is 58.6 Å². The Bertz CT molecular complexity index is 1170. The maximum absolute atomic E-state index is 13.7. The SMILES string of the molecule is C=CC(C)(C)N[C@H](C(=O)N1CCC[C@H]1c1nc(-c2nc(C(=O)OCC=C(C)C)c(C)o2)c(C)o1)C(C)C. The molecule has 1 fully saturated rings. The molecule has 3 heterocycles. The number of aromatic nitrogens is 2. The summed E-state index contributed by atoms with van der Waals surface area (Å²) in [5.74, 6) is 1.00. The zero-order valence-corrected chi connectivity index (χ0v) is 23.3. The second-order valence-corrected chi connectivity index (χ2v) is 10.7. The molecule has 0 unspecified atom stereocenters. The summed E-state index contributed by atoms with van der Waals surface area (Å²) in [7, 11) is 0. The molecule has 9 heteroatoms. The third-order valence-corrected chi connectivity index (χ3v) is 6.50.